The Morgan fingerprint density at radius 1 is 1.54 bits per heavy atom. The zero-order valence-electron chi connectivity index (χ0n) is 8.14. The summed E-state index contributed by atoms with van der Waals surface area (Å²) in [7, 11) is 0. The van der Waals surface area contributed by atoms with Crippen LogP contribution in [-0.2, 0) is 6.42 Å². The van der Waals surface area contributed by atoms with Crippen molar-refractivity contribution in [2.45, 2.75) is 20.3 Å². The summed E-state index contributed by atoms with van der Waals surface area (Å²) in [6.45, 7) is 6.54. The molecule has 3 heteroatoms. The van der Waals surface area contributed by atoms with Gasteiger partial charge >= 0.3 is 0 Å². The van der Waals surface area contributed by atoms with Crippen molar-refractivity contribution < 1.29 is 0 Å². The van der Waals surface area contributed by atoms with Crippen LogP contribution in [0, 0.1) is 5.92 Å². The van der Waals surface area contributed by atoms with E-state index in [1.807, 2.05) is 11.4 Å². The molecule has 0 aliphatic rings. The standard InChI is InChI=1S/C10H16ClNS/c1-8(2)7-12-5-3-10-9(11)4-6-13-10/h4,6,8,12H,3,5,7H2,1-2H3. The maximum absolute atomic E-state index is 5.96. The zero-order chi connectivity index (χ0) is 9.68. The van der Waals surface area contributed by atoms with Crippen LogP contribution in [0.2, 0.25) is 5.02 Å². The van der Waals surface area contributed by atoms with Gasteiger partial charge in [-0.05, 0) is 30.3 Å². The lowest BCUT2D eigenvalue weighted by molar-refractivity contribution is 0.555. The molecule has 0 saturated carbocycles. The summed E-state index contributed by atoms with van der Waals surface area (Å²) < 4.78 is 0. The summed E-state index contributed by atoms with van der Waals surface area (Å²) in [6.07, 6.45) is 1.04. The Balaban J connectivity index is 2.17. The number of thiophene rings is 1. The third-order valence-corrected chi connectivity index (χ3v) is 3.22. The van der Waals surface area contributed by atoms with Crippen LogP contribution in [0.15, 0.2) is 11.4 Å². The molecule has 1 aromatic rings. The fourth-order valence-corrected chi connectivity index (χ4v) is 2.23. The second-order valence-electron chi connectivity index (χ2n) is 3.54. The maximum atomic E-state index is 5.96. The first-order valence-electron chi connectivity index (χ1n) is 4.62. The number of hydrogen-bond acceptors (Lipinski definition) is 2. The average Bonchev–Trinajstić information content (AvgIpc) is 2.45. The van der Waals surface area contributed by atoms with E-state index in [1.54, 1.807) is 11.3 Å². The molecule has 1 aromatic heterocycles. The minimum atomic E-state index is 0.721. The highest BCUT2D eigenvalue weighted by Gasteiger charge is 2.00. The highest BCUT2D eigenvalue weighted by Crippen LogP contribution is 2.21. The van der Waals surface area contributed by atoms with E-state index < -0.39 is 0 Å². The van der Waals surface area contributed by atoms with Crippen LogP contribution >= 0.6 is 22.9 Å². The van der Waals surface area contributed by atoms with Gasteiger partial charge in [-0.2, -0.15) is 0 Å². The fraction of sp³-hybridized carbons (Fsp3) is 0.600. The van der Waals surface area contributed by atoms with Crippen molar-refractivity contribution in [3.05, 3.63) is 21.3 Å². The third-order valence-electron chi connectivity index (χ3n) is 1.77. The number of hydrogen-bond donors (Lipinski definition) is 1. The van der Waals surface area contributed by atoms with Gasteiger partial charge in [-0.3, -0.25) is 0 Å². The van der Waals surface area contributed by atoms with Crippen LogP contribution in [-0.4, -0.2) is 13.1 Å². The number of nitrogens with one attached hydrogen (secondary N) is 1. The van der Waals surface area contributed by atoms with Crippen molar-refractivity contribution in [2.75, 3.05) is 13.1 Å². The molecule has 0 radical (unpaired) electrons. The van der Waals surface area contributed by atoms with Gasteiger partial charge in [-0.1, -0.05) is 25.4 Å². The van der Waals surface area contributed by atoms with Crippen molar-refractivity contribution in [3.63, 3.8) is 0 Å². The van der Waals surface area contributed by atoms with Gasteiger partial charge in [0.1, 0.15) is 0 Å². The Morgan fingerprint density at radius 3 is 2.85 bits per heavy atom. The van der Waals surface area contributed by atoms with Crippen LogP contribution in [0.3, 0.4) is 0 Å². The molecular formula is C10H16ClNS. The zero-order valence-corrected chi connectivity index (χ0v) is 9.71. The molecule has 0 saturated heterocycles. The summed E-state index contributed by atoms with van der Waals surface area (Å²) in [5.41, 5.74) is 0. The summed E-state index contributed by atoms with van der Waals surface area (Å²) >= 11 is 7.70. The molecule has 0 amide bonds. The van der Waals surface area contributed by atoms with E-state index >= 15 is 0 Å². The molecule has 1 rings (SSSR count). The van der Waals surface area contributed by atoms with E-state index in [4.69, 9.17) is 11.6 Å². The SMILES string of the molecule is CC(C)CNCCc1sccc1Cl. The smallest absolute Gasteiger partial charge is 0.0545 e. The average molecular weight is 218 g/mol. The molecule has 13 heavy (non-hydrogen) atoms. The fourth-order valence-electron chi connectivity index (χ4n) is 1.10. The second-order valence-corrected chi connectivity index (χ2v) is 4.95. The van der Waals surface area contributed by atoms with Crippen LogP contribution in [0.4, 0.5) is 0 Å². The van der Waals surface area contributed by atoms with E-state index in [9.17, 15) is 0 Å². The molecule has 0 bridgehead atoms. The molecular weight excluding hydrogens is 202 g/mol. The summed E-state index contributed by atoms with van der Waals surface area (Å²) in [5, 5.41) is 6.35. The molecule has 0 atom stereocenters. The number of rotatable bonds is 5. The monoisotopic (exact) mass is 217 g/mol. The molecule has 0 aromatic carbocycles. The summed E-state index contributed by atoms with van der Waals surface area (Å²) in [4.78, 5) is 1.29. The Kier molecular flexibility index (Phi) is 4.78. The molecule has 1 N–H and O–H groups in total. The van der Waals surface area contributed by atoms with Gasteiger partial charge in [0, 0.05) is 11.4 Å². The van der Waals surface area contributed by atoms with Crippen LogP contribution in [0.25, 0.3) is 0 Å². The summed E-state index contributed by atoms with van der Waals surface area (Å²) in [6, 6.07) is 1.96. The molecule has 74 valence electrons. The quantitative estimate of drug-likeness (QED) is 0.748. The molecule has 1 heterocycles. The third kappa shape index (κ3) is 4.12. The van der Waals surface area contributed by atoms with Crippen molar-refractivity contribution in [1.82, 2.24) is 5.32 Å². The lowest BCUT2D eigenvalue weighted by Crippen LogP contribution is -2.21. The normalized spacial score (nSPS) is 11.1. The van der Waals surface area contributed by atoms with E-state index in [-0.39, 0.29) is 0 Å². The van der Waals surface area contributed by atoms with Gasteiger partial charge in [-0.15, -0.1) is 11.3 Å². The van der Waals surface area contributed by atoms with Gasteiger partial charge in [0.25, 0.3) is 0 Å². The lowest BCUT2D eigenvalue weighted by Gasteiger charge is -2.06. The largest absolute Gasteiger partial charge is 0.316 e. The molecule has 0 aliphatic carbocycles. The van der Waals surface area contributed by atoms with E-state index in [0.29, 0.717) is 0 Å². The van der Waals surface area contributed by atoms with Crippen molar-refractivity contribution >= 4 is 22.9 Å². The van der Waals surface area contributed by atoms with E-state index in [0.717, 1.165) is 30.5 Å². The lowest BCUT2D eigenvalue weighted by atomic mass is 10.2. The Hall–Kier alpha value is -0.0500. The molecule has 1 nitrogen and oxygen atoms in total. The first-order chi connectivity index (χ1) is 6.20. The van der Waals surface area contributed by atoms with Crippen molar-refractivity contribution in [3.8, 4) is 0 Å². The van der Waals surface area contributed by atoms with Gasteiger partial charge in [-0.25, -0.2) is 0 Å². The van der Waals surface area contributed by atoms with Gasteiger partial charge in [0.05, 0.1) is 5.02 Å². The first kappa shape index (κ1) is 11.0. The van der Waals surface area contributed by atoms with E-state index in [1.165, 1.54) is 4.88 Å². The van der Waals surface area contributed by atoms with Crippen LogP contribution in [0.1, 0.15) is 18.7 Å². The van der Waals surface area contributed by atoms with Crippen LogP contribution < -0.4 is 5.32 Å². The highest BCUT2D eigenvalue weighted by atomic mass is 35.5. The first-order valence-corrected chi connectivity index (χ1v) is 5.88. The van der Waals surface area contributed by atoms with Gasteiger partial charge in [0.2, 0.25) is 0 Å². The minimum absolute atomic E-state index is 0.721. The topological polar surface area (TPSA) is 12.0 Å². The number of halogens is 1. The van der Waals surface area contributed by atoms with Gasteiger partial charge in [0.15, 0.2) is 0 Å². The summed E-state index contributed by atoms with van der Waals surface area (Å²) in [5.74, 6) is 0.721. The molecule has 0 fully saturated rings. The molecule has 0 unspecified atom stereocenters. The van der Waals surface area contributed by atoms with Gasteiger partial charge < -0.3 is 5.32 Å². The van der Waals surface area contributed by atoms with Crippen LogP contribution in [0.5, 0.6) is 0 Å². The highest BCUT2D eigenvalue weighted by molar-refractivity contribution is 7.10. The maximum Gasteiger partial charge on any atom is 0.0545 e. The second kappa shape index (κ2) is 5.63. The predicted octanol–water partition coefficient (Wildman–Crippen LogP) is 3.19. The Bertz CT molecular complexity index is 245. The molecule has 0 aliphatic heterocycles. The Morgan fingerprint density at radius 2 is 2.31 bits per heavy atom. The van der Waals surface area contributed by atoms with Crippen molar-refractivity contribution in [1.29, 1.82) is 0 Å². The molecule has 0 spiro atoms. The van der Waals surface area contributed by atoms with E-state index in [2.05, 4.69) is 19.2 Å². The predicted molar refractivity (Wildman–Crippen MR) is 60.7 cm³/mol. The van der Waals surface area contributed by atoms with Crippen molar-refractivity contribution in [2.24, 2.45) is 5.92 Å². The Labute approximate surface area is 89.1 Å². The minimum Gasteiger partial charge on any atom is -0.316 e.